The van der Waals surface area contributed by atoms with Crippen LogP contribution in [0.5, 0.6) is 0 Å². The molecule has 1 aromatic heterocycles. The van der Waals surface area contributed by atoms with Crippen molar-refractivity contribution in [3.05, 3.63) is 54.0 Å². The minimum Gasteiger partial charge on any atom is -0.368 e. The monoisotopic (exact) mass is 329 g/mol. The highest BCUT2D eigenvalue weighted by Gasteiger charge is 2.26. The zero-order chi connectivity index (χ0) is 16.9. The third kappa shape index (κ3) is 3.86. The van der Waals surface area contributed by atoms with Crippen molar-refractivity contribution in [1.29, 1.82) is 0 Å². The van der Waals surface area contributed by atoms with Gasteiger partial charge in [-0.15, -0.1) is 5.10 Å². The number of rotatable bonds is 5. The van der Waals surface area contributed by atoms with E-state index in [-0.39, 0.29) is 11.9 Å². The molecule has 2 heterocycles. The summed E-state index contributed by atoms with van der Waals surface area (Å²) in [4.78, 5) is 14.0. The number of aromatic nitrogens is 2. The molecule has 1 aliphatic rings. The number of halogens is 1. The Kier molecular flexibility index (Phi) is 5.00. The highest BCUT2D eigenvalue weighted by atomic mass is 19.1. The van der Waals surface area contributed by atoms with Crippen molar-refractivity contribution in [2.75, 3.05) is 18.0 Å². The Morgan fingerprint density at radius 2 is 2.12 bits per heavy atom. The first-order chi connectivity index (χ1) is 11.6. The first-order valence-electron chi connectivity index (χ1n) is 7.97. The van der Waals surface area contributed by atoms with E-state index in [0.29, 0.717) is 12.1 Å². The summed E-state index contributed by atoms with van der Waals surface area (Å²) < 4.78 is 13.1. The molecule has 7 heteroatoms. The Balaban J connectivity index is 1.70. The Morgan fingerprint density at radius 1 is 1.33 bits per heavy atom. The number of nitrogens with one attached hydrogen (secondary N) is 1. The minimum absolute atomic E-state index is 0.0864. The van der Waals surface area contributed by atoms with Crippen LogP contribution < -0.4 is 16.0 Å². The minimum atomic E-state index is -0.641. The lowest BCUT2D eigenvalue weighted by Crippen LogP contribution is -2.49. The molecular formula is C17H20FN5O. The molecule has 1 fully saturated rings. The van der Waals surface area contributed by atoms with Gasteiger partial charge in [-0.05, 0) is 42.7 Å². The number of nitrogens with two attached hydrogens (primary N) is 1. The maximum atomic E-state index is 13.1. The lowest BCUT2D eigenvalue weighted by Gasteiger charge is -2.35. The van der Waals surface area contributed by atoms with Crippen molar-refractivity contribution >= 4 is 11.7 Å². The average molecular weight is 329 g/mol. The standard InChI is InChI=1S/C17H20FN5O/c18-13-7-5-12(6-8-13)16(17(19)24)21-14-3-2-10-23(11-14)15-4-1-9-20-22-15/h1,4-9,14,16,21H,2-3,10-11H2,(H2,19,24). The lowest BCUT2D eigenvalue weighted by atomic mass is 10.0. The van der Waals surface area contributed by atoms with Gasteiger partial charge >= 0.3 is 0 Å². The molecule has 6 nitrogen and oxygen atoms in total. The smallest absolute Gasteiger partial charge is 0.239 e. The first kappa shape index (κ1) is 16.3. The predicted octanol–water partition coefficient (Wildman–Crippen LogP) is 1.40. The van der Waals surface area contributed by atoms with Gasteiger partial charge in [-0.2, -0.15) is 5.10 Å². The van der Waals surface area contributed by atoms with E-state index in [1.165, 1.54) is 12.1 Å². The SMILES string of the molecule is NC(=O)C(NC1CCCN(c2cccnn2)C1)c1ccc(F)cc1. The quantitative estimate of drug-likeness (QED) is 0.866. The number of benzene rings is 1. The molecule has 1 aliphatic heterocycles. The number of carbonyl (C=O) groups excluding carboxylic acids is 1. The lowest BCUT2D eigenvalue weighted by molar-refractivity contribution is -0.120. The highest BCUT2D eigenvalue weighted by molar-refractivity contribution is 5.81. The van der Waals surface area contributed by atoms with Gasteiger partial charge in [0.1, 0.15) is 11.9 Å². The van der Waals surface area contributed by atoms with Crippen molar-refractivity contribution in [3.8, 4) is 0 Å². The number of hydrogen-bond acceptors (Lipinski definition) is 5. The van der Waals surface area contributed by atoms with Gasteiger partial charge in [-0.1, -0.05) is 12.1 Å². The summed E-state index contributed by atoms with van der Waals surface area (Å²) >= 11 is 0. The highest BCUT2D eigenvalue weighted by Crippen LogP contribution is 2.20. The van der Waals surface area contributed by atoms with Crippen LogP contribution in [0.15, 0.2) is 42.6 Å². The molecule has 0 radical (unpaired) electrons. The number of amides is 1. The second-order valence-corrected chi connectivity index (χ2v) is 5.92. The second kappa shape index (κ2) is 7.35. The molecule has 24 heavy (non-hydrogen) atoms. The fourth-order valence-corrected chi connectivity index (χ4v) is 3.02. The molecule has 1 saturated heterocycles. The van der Waals surface area contributed by atoms with Gasteiger partial charge in [-0.25, -0.2) is 4.39 Å². The van der Waals surface area contributed by atoms with Crippen LogP contribution in [0.4, 0.5) is 10.2 Å². The third-order valence-electron chi connectivity index (χ3n) is 4.19. The van der Waals surface area contributed by atoms with E-state index in [2.05, 4.69) is 20.4 Å². The van der Waals surface area contributed by atoms with Crippen LogP contribution in [0.25, 0.3) is 0 Å². The third-order valence-corrected chi connectivity index (χ3v) is 4.19. The van der Waals surface area contributed by atoms with Crippen LogP contribution in [0.1, 0.15) is 24.4 Å². The number of carbonyl (C=O) groups is 1. The van der Waals surface area contributed by atoms with Crippen LogP contribution in [0.2, 0.25) is 0 Å². The van der Waals surface area contributed by atoms with Crippen molar-refractivity contribution in [3.63, 3.8) is 0 Å². The van der Waals surface area contributed by atoms with Crippen molar-refractivity contribution in [2.45, 2.75) is 24.9 Å². The second-order valence-electron chi connectivity index (χ2n) is 5.92. The number of hydrogen-bond donors (Lipinski definition) is 2. The molecular weight excluding hydrogens is 309 g/mol. The summed E-state index contributed by atoms with van der Waals surface area (Å²) in [6.07, 6.45) is 3.55. The number of piperidine rings is 1. The Bertz CT molecular complexity index is 679. The molecule has 0 aliphatic carbocycles. The topological polar surface area (TPSA) is 84.1 Å². The first-order valence-corrected chi connectivity index (χ1v) is 7.97. The summed E-state index contributed by atoms with van der Waals surface area (Å²) in [7, 11) is 0. The van der Waals surface area contributed by atoms with Crippen LogP contribution in [0, 0.1) is 5.82 Å². The number of primary amides is 1. The Labute approximate surface area is 139 Å². The molecule has 0 saturated carbocycles. The fourth-order valence-electron chi connectivity index (χ4n) is 3.02. The van der Waals surface area contributed by atoms with Gasteiger partial charge in [0.2, 0.25) is 5.91 Å². The zero-order valence-electron chi connectivity index (χ0n) is 13.2. The van der Waals surface area contributed by atoms with Gasteiger partial charge in [0.25, 0.3) is 0 Å². The van der Waals surface area contributed by atoms with Gasteiger partial charge in [0, 0.05) is 25.3 Å². The van der Waals surface area contributed by atoms with Crippen molar-refractivity contribution in [2.24, 2.45) is 5.73 Å². The van der Waals surface area contributed by atoms with Crippen LogP contribution in [0.3, 0.4) is 0 Å². The average Bonchev–Trinajstić information content (AvgIpc) is 2.61. The van der Waals surface area contributed by atoms with Crippen LogP contribution >= 0.6 is 0 Å². The van der Waals surface area contributed by atoms with Gasteiger partial charge in [0.15, 0.2) is 5.82 Å². The molecule has 2 aromatic rings. The van der Waals surface area contributed by atoms with E-state index in [1.54, 1.807) is 18.3 Å². The summed E-state index contributed by atoms with van der Waals surface area (Å²) in [6, 6.07) is 9.05. The summed E-state index contributed by atoms with van der Waals surface area (Å²) in [5, 5.41) is 11.3. The van der Waals surface area contributed by atoms with E-state index in [0.717, 1.165) is 25.2 Å². The van der Waals surface area contributed by atoms with E-state index in [9.17, 15) is 9.18 Å². The molecule has 126 valence electrons. The largest absolute Gasteiger partial charge is 0.368 e. The van der Waals surface area contributed by atoms with Crippen molar-refractivity contribution < 1.29 is 9.18 Å². The molecule has 1 aromatic carbocycles. The molecule has 0 bridgehead atoms. The normalized spacial score (nSPS) is 19.0. The summed E-state index contributed by atoms with van der Waals surface area (Å²) in [5.41, 5.74) is 6.21. The van der Waals surface area contributed by atoms with Gasteiger partial charge < -0.3 is 10.6 Å². The van der Waals surface area contributed by atoms with Crippen LogP contribution in [-0.4, -0.2) is 35.2 Å². The molecule has 3 rings (SSSR count). The zero-order valence-corrected chi connectivity index (χ0v) is 13.2. The van der Waals surface area contributed by atoms with E-state index < -0.39 is 11.9 Å². The van der Waals surface area contributed by atoms with E-state index in [1.807, 2.05) is 12.1 Å². The number of anilines is 1. The van der Waals surface area contributed by atoms with Crippen molar-refractivity contribution in [1.82, 2.24) is 15.5 Å². The maximum Gasteiger partial charge on any atom is 0.239 e. The maximum absolute atomic E-state index is 13.1. The molecule has 2 unspecified atom stereocenters. The Morgan fingerprint density at radius 3 is 2.79 bits per heavy atom. The molecule has 3 N–H and O–H groups in total. The van der Waals surface area contributed by atoms with E-state index in [4.69, 9.17) is 5.73 Å². The van der Waals surface area contributed by atoms with E-state index >= 15 is 0 Å². The number of nitrogens with zero attached hydrogens (tertiary/aromatic N) is 3. The molecule has 0 spiro atoms. The molecule has 2 atom stereocenters. The van der Waals surface area contributed by atoms with Gasteiger partial charge in [-0.3, -0.25) is 10.1 Å². The van der Waals surface area contributed by atoms with Crippen LogP contribution in [-0.2, 0) is 4.79 Å². The molecule has 1 amide bonds. The fraction of sp³-hybridized carbons (Fsp3) is 0.353. The Hall–Kier alpha value is -2.54. The summed E-state index contributed by atoms with van der Waals surface area (Å²) in [5.74, 6) is 0.00751. The predicted molar refractivity (Wildman–Crippen MR) is 88.7 cm³/mol. The van der Waals surface area contributed by atoms with Gasteiger partial charge in [0.05, 0.1) is 0 Å². The summed E-state index contributed by atoms with van der Waals surface area (Å²) in [6.45, 7) is 1.61.